The molecule has 3 nitrogen and oxygen atoms in total. The molecule has 3 rings (SSSR count). The summed E-state index contributed by atoms with van der Waals surface area (Å²) in [6.45, 7) is 5.61. The highest BCUT2D eigenvalue weighted by molar-refractivity contribution is 9.10. The fourth-order valence-electron chi connectivity index (χ4n) is 2.49. The Morgan fingerprint density at radius 3 is 2.35 bits per heavy atom. The first-order valence-corrected chi connectivity index (χ1v) is 8.24. The first kappa shape index (κ1) is 15.8. The van der Waals surface area contributed by atoms with Crippen LogP contribution in [0.25, 0.3) is 22.2 Å². The highest BCUT2D eigenvalue weighted by Crippen LogP contribution is 2.30. The van der Waals surface area contributed by atoms with Gasteiger partial charge in [0.05, 0.1) is 11.2 Å². The number of carbonyl (C=O) groups excluding carboxylic acids is 1. The van der Waals surface area contributed by atoms with Gasteiger partial charge in [0.15, 0.2) is 0 Å². The lowest BCUT2D eigenvalue weighted by Crippen LogP contribution is -2.27. The van der Waals surface area contributed by atoms with E-state index in [2.05, 4.69) is 15.9 Å². The summed E-state index contributed by atoms with van der Waals surface area (Å²) in [5.41, 5.74) is 2.10. The van der Waals surface area contributed by atoms with Gasteiger partial charge in [-0.2, -0.15) is 0 Å². The van der Waals surface area contributed by atoms with Crippen LogP contribution in [0.1, 0.15) is 20.8 Å². The molecule has 0 aliphatic heterocycles. The van der Waals surface area contributed by atoms with Crippen molar-refractivity contribution in [2.45, 2.75) is 26.4 Å². The third kappa shape index (κ3) is 3.32. The standard InChI is InChI=1S/C19H18BrNO2/c1-19(2,3)23-18(22)21-16-7-5-4-6-14(16)12-17(21)13-8-10-15(20)11-9-13/h4-12H,1-3H3. The fraction of sp³-hybridized carbons (Fsp3) is 0.211. The first-order valence-electron chi connectivity index (χ1n) is 7.45. The summed E-state index contributed by atoms with van der Waals surface area (Å²) >= 11 is 3.44. The number of fused-ring (bicyclic) bond motifs is 1. The minimum atomic E-state index is -0.542. The van der Waals surface area contributed by atoms with Crippen LogP contribution in [-0.4, -0.2) is 16.3 Å². The molecule has 0 N–H and O–H groups in total. The Labute approximate surface area is 144 Å². The van der Waals surface area contributed by atoms with Gasteiger partial charge >= 0.3 is 6.09 Å². The zero-order chi connectivity index (χ0) is 16.6. The zero-order valence-electron chi connectivity index (χ0n) is 13.3. The van der Waals surface area contributed by atoms with Crippen LogP contribution in [0, 0.1) is 0 Å². The number of benzene rings is 2. The molecule has 0 saturated carbocycles. The van der Waals surface area contributed by atoms with E-state index in [0.29, 0.717) is 0 Å². The van der Waals surface area contributed by atoms with Crippen LogP contribution in [0.5, 0.6) is 0 Å². The van der Waals surface area contributed by atoms with Crippen LogP contribution in [0.3, 0.4) is 0 Å². The van der Waals surface area contributed by atoms with Crippen molar-refractivity contribution in [2.75, 3.05) is 0 Å². The first-order chi connectivity index (χ1) is 10.8. The third-order valence-electron chi connectivity index (χ3n) is 3.43. The summed E-state index contributed by atoms with van der Waals surface area (Å²) in [7, 11) is 0. The Bertz CT molecular complexity index is 857. The van der Waals surface area contributed by atoms with Crippen molar-refractivity contribution < 1.29 is 9.53 Å². The van der Waals surface area contributed by atoms with Gasteiger partial charge in [-0.15, -0.1) is 0 Å². The van der Waals surface area contributed by atoms with Crippen LogP contribution in [0.4, 0.5) is 4.79 Å². The van der Waals surface area contributed by atoms with E-state index in [1.54, 1.807) is 4.57 Å². The topological polar surface area (TPSA) is 31.2 Å². The van der Waals surface area contributed by atoms with Gasteiger partial charge in [-0.1, -0.05) is 46.3 Å². The van der Waals surface area contributed by atoms with E-state index in [0.717, 1.165) is 26.6 Å². The third-order valence-corrected chi connectivity index (χ3v) is 3.96. The van der Waals surface area contributed by atoms with Crippen molar-refractivity contribution in [1.82, 2.24) is 4.57 Å². The van der Waals surface area contributed by atoms with Crippen LogP contribution in [0.2, 0.25) is 0 Å². The van der Waals surface area contributed by atoms with E-state index in [4.69, 9.17) is 4.74 Å². The molecule has 1 aromatic heterocycles. The second-order valence-electron chi connectivity index (χ2n) is 6.41. The van der Waals surface area contributed by atoms with Crippen LogP contribution < -0.4 is 0 Å². The highest BCUT2D eigenvalue weighted by atomic mass is 79.9. The predicted octanol–water partition coefficient (Wildman–Crippen LogP) is 5.85. The Hall–Kier alpha value is -2.07. The van der Waals surface area contributed by atoms with Gasteiger partial charge in [-0.05, 0) is 50.6 Å². The van der Waals surface area contributed by atoms with Crippen molar-refractivity contribution in [3.8, 4) is 11.3 Å². The van der Waals surface area contributed by atoms with Crippen molar-refractivity contribution in [3.05, 3.63) is 59.1 Å². The van der Waals surface area contributed by atoms with Gasteiger partial charge in [-0.3, -0.25) is 0 Å². The lowest BCUT2D eigenvalue weighted by atomic mass is 10.1. The number of para-hydroxylation sites is 1. The summed E-state index contributed by atoms with van der Waals surface area (Å²) < 4.78 is 8.23. The second kappa shape index (κ2) is 5.85. The number of nitrogens with zero attached hydrogens (tertiary/aromatic N) is 1. The molecule has 0 aliphatic rings. The molecular formula is C19H18BrNO2. The number of aromatic nitrogens is 1. The quantitative estimate of drug-likeness (QED) is 0.536. The zero-order valence-corrected chi connectivity index (χ0v) is 14.9. The number of halogens is 1. The van der Waals surface area contributed by atoms with Gasteiger partial charge in [0.25, 0.3) is 0 Å². The molecule has 0 atom stereocenters. The summed E-state index contributed by atoms with van der Waals surface area (Å²) in [6.07, 6.45) is -0.364. The summed E-state index contributed by atoms with van der Waals surface area (Å²) in [6, 6.07) is 17.7. The largest absolute Gasteiger partial charge is 0.443 e. The molecule has 0 fully saturated rings. The molecule has 0 radical (unpaired) electrons. The Morgan fingerprint density at radius 1 is 1.04 bits per heavy atom. The maximum atomic E-state index is 12.7. The fourth-order valence-corrected chi connectivity index (χ4v) is 2.76. The van der Waals surface area contributed by atoms with Crippen molar-refractivity contribution in [3.63, 3.8) is 0 Å². The highest BCUT2D eigenvalue weighted by Gasteiger charge is 2.22. The average molecular weight is 372 g/mol. The van der Waals surface area contributed by atoms with Crippen LogP contribution >= 0.6 is 15.9 Å². The van der Waals surface area contributed by atoms with Crippen LogP contribution in [-0.2, 0) is 4.74 Å². The molecule has 4 heteroatoms. The molecule has 23 heavy (non-hydrogen) atoms. The van der Waals surface area contributed by atoms with Crippen molar-refractivity contribution >= 4 is 32.9 Å². The maximum Gasteiger partial charge on any atom is 0.419 e. The van der Waals surface area contributed by atoms with E-state index < -0.39 is 5.60 Å². The van der Waals surface area contributed by atoms with E-state index in [-0.39, 0.29) is 6.09 Å². The van der Waals surface area contributed by atoms with Crippen LogP contribution in [0.15, 0.2) is 59.1 Å². The molecule has 3 aromatic rings. The molecule has 0 unspecified atom stereocenters. The second-order valence-corrected chi connectivity index (χ2v) is 7.33. The maximum absolute atomic E-state index is 12.7. The summed E-state index contributed by atoms with van der Waals surface area (Å²) in [4.78, 5) is 12.7. The molecular weight excluding hydrogens is 354 g/mol. The predicted molar refractivity (Wildman–Crippen MR) is 96.7 cm³/mol. The van der Waals surface area contributed by atoms with Gasteiger partial charge < -0.3 is 4.74 Å². The lowest BCUT2D eigenvalue weighted by Gasteiger charge is -2.21. The Balaban J connectivity index is 2.19. The van der Waals surface area contributed by atoms with E-state index >= 15 is 0 Å². The molecule has 118 valence electrons. The smallest absolute Gasteiger partial charge is 0.419 e. The normalized spacial score (nSPS) is 11.7. The Kier molecular flexibility index (Phi) is 4.02. The SMILES string of the molecule is CC(C)(C)OC(=O)n1c(-c2ccc(Br)cc2)cc2ccccc21. The summed E-state index contributed by atoms with van der Waals surface area (Å²) in [5.74, 6) is 0. The number of carbonyl (C=O) groups is 1. The minimum absolute atomic E-state index is 0.364. The van der Waals surface area contributed by atoms with E-state index in [1.807, 2.05) is 75.4 Å². The molecule has 0 spiro atoms. The number of rotatable bonds is 1. The molecule has 0 aliphatic carbocycles. The molecule has 2 aromatic carbocycles. The number of ether oxygens (including phenoxy) is 1. The van der Waals surface area contributed by atoms with Gasteiger partial charge in [0, 0.05) is 9.86 Å². The monoisotopic (exact) mass is 371 g/mol. The number of hydrogen-bond acceptors (Lipinski definition) is 2. The van der Waals surface area contributed by atoms with E-state index in [9.17, 15) is 4.79 Å². The summed E-state index contributed by atoms with van der Waals surface area (Å²) in [5, 5.41) is 1.01. The molecule has 0 bridgehead atoms. The number of hydrogen-bond donors (Lipinski definition) is 0. The van der Waals surface area contributed by atoms with Gasteiger partial charge in [-0.25, -0.2) is 9.36 Å². The molecule has 1 heterocycles. The molecule has 0 amide bonds. The van der Waals surface area contributed by atoms with E-state index in [1.165, 1.54) is 0 Å². The van der Waals surface area contributed by atoms with Gasteiger partial charge in [0.2, 0.25) is 0 Å². The average Bonchev–Trinajstić information content (AvgIpc) is 2.85. The molecule has 0 saturated heterocycles. The lowest BCUT2D eigenvalue weighted by molar-refractivity contribution is 0.0547. The van der Waals surface area contributed by atoms with Gasteiger partial charge in [0.1, 0.15) is 5.60 Å². The minimum Gasteiger partial charge on any atom is -0.443 e. The van der Waals surface area contributed by atoms with Crippen molar-refractivity contribution in [1.29, 1.82) is 0 Å². The van der Waals surface area contributed by atoms with Crippen molar-refractivity contribution in [2.24, 2.45) is 0 Å². The Morgan fingerprint density at radius 2 is 1.70 bits per heavy atom.